The topological polar surface area (TPSA) is 24.9 Å². The molecule has 1 N–H and O–H groups in total. The summed E-state index contributed by atoms with van der Waals surface area (Å²) in [5, 5.41) is 3.43. The molecule has 0 spiro atoms. The Morgan fingerprint density at radius 2 is 1.90 bits per heavy atom. The molecule has 0 fully saturated rings. The van der Waals surface area contributed by atoms with Crippen LogP contribution >= 0.6 is 11.6 Å². The van der Waals surface area contributed by atoms with Crippen LogP contribution in [-0.2, 0) is 6.54 Å². The summed E-state index contributed by atoms with van der Waals surface area (Å²) in [7, 11) is 0. The highest BCUT2D eigenvalue weighted by atomic mass is 35.5. The molecule has 20 heavy (non-hydrogen) atoms. The molecule has 0 aliphatic carbocycles. The Labute approximate surface area is 121 Å². The fraction of sp³-hybridized carbons (Fsp3) is 0.267. The summed E-state index contributed by atoms with van der Waals surface area (Å²) in [6.45, 7) is 3.68. The predicted molar refractivity (Wildman–Crippen MR) is 76.6 cm³/mol. The van der Waals surface area contributed by atoms with E-state index in [0.717, 1.165) is 30.7 Å². The number of halogens is 3. The smallest absolute Gasteiger partial charge is 0.160 e. The molecule has 1 aromatic heterocycles. The van der Waals surface area contributed by atoms with E-state index in [0.29, 0.717) is 17.7 Å². The van der Waals surface area contributed by atoms with Crippen molar-refractivity contribution in [2.24, 2.45) is 0 Å². The molecular weight excluding hydrogens is 282 g/mol. The zero-order chi connectivity index (χ0) is 14.5. The lowest BCUT2D eigenvalue weighted by Gasteiger charge is -2.08. The Morgan fingerprint density at radius 1 is 1.15 bits per heavy atom. The van der Waals surface area contributed by atoms with E-state index < -0.39 is 11.6 Å². The van der Waals surface area contributed by atoms with E-state index in [1.807, 2.05) is 6.07 Å². The third-order valence-electron chi connectivity index (χ3n) is 2.87. The summed E-state index contributed by atoms with van der Waals surface area (Å²) in [5.41, 5.74) is 2.08. The Morgan fingerprint density at radius 3 is 2.65 bits per heavy atom. The summed E-state index contributed by atoms with van der Waals surface area (Å²) in [6.07, 6.45) is 4.37. The maximum Gasteiger partial charge on any atom is 0.160 e. The summed E-state index contributed by atoms with van der Waals surface area (Å²) < 4.78 is 26.4. The molecule has 0 saturated carbocycles. The molecule has 2 rings (SSSR count). The van der Waals surface area contributed by atoms with Crippen molar-refractivity contribution in [1.29, 1.82) is 0 Å². The molecule has 1 heterocycles. The van der Waals surface area contributed by atoms with Crippen molar-refractivity contribution in [1.82, 2.24) is 10.3 Å². The number of nitrogens with zero attached hydrogens (tertiary/aromatic N) is 1. The van der Waals surface area contributed by atoms with Crippen molar-refractivity contribution >= 4 is 11.6 Å². The second kappa shape index (κ2) is 6.77. The number of hydrogen-bond donors (Lipinski definition) is 1. The Hall–Kier alpha value is -1.52. The minimum Gasteiger partial charge on any atom is -0.313 e. The minimum absolute atomic E-state index is 0.171. The van der Waals surface area contributed by atoms with Gasteiger partial charge in [0.1, 0.15) is 0 Å². The Kier molecular flexibility index (Phi) is 5.04. The molecule has 0 bridgehead atoms. The number of hydrogen-bond acceptors (Lipinski definition) is 2. The second-order valence-corrected chi connectivity index (χ2v) is 4.91. The molecule has 1 aromatic carbocycles. The molecule has 0 amide bonds. The number of aromatic nitrogens is 1. The average Bonchev–Trinajstić information content (AvgIpc) is 2.43. The van der Waals surface area contributed by atoms with Crippen molar-refractivity contribution in [2.45, 2.75) is 19.9 Å². The van der Waals surface area contributed by atoms with Crippen molar-refractivity contribution in [2.75, 3.05) is 6.54 Å². The zero-order valence-electron chi connectivity index (χ0n) is 11.1. The zero-order valence-corrected chi connectivity index (χ0v) is 11.8. The van der Waals surface area contributed by atoms with Gasteiger partial charge >= 0.3 is 0 Å². The highest BCUT2D eigenvalue weighted by molar-refractivity contribution is 6.33. The van der Waals surface area contributed by atoms with Crippen LogP contribution in [0.4, 0.5) is 8.78 Å². The molecule has 0 atom stereocenters. The lowest BCUT2D eigenvalue weighted by molar-refractivity contribution is 0.509. The molecule has 0 radical (unpaired) electrons. The van der Waals surface area contributed by atoms with E-state index in [2.05, 4.69) is 17.2 Å². The highest BCUT2D eigenvalue weighted by Crippen LogP contribution is 2.29. The van der Waals surface area contributed by atoms with Crippen LogP contribution in [-0.4, -0.2) is 11.5 Å². The SMILES string of the molecule is CCCNCc1cncc(-c2cc(F)c(F)cc2Cl)c1. The average molecular weight is 297 g/mol. The van der Waals surface area contributed by atoms with Crippen molar-refractivity contribution in [3.63, 3.8) is 0 Å². The van der Waals surface area contributed by atoms with Crippen molar-refractivity contribution < 1.29 is 8.78 Å². The number of nitrogens with one attached hydrogen (secondary N) is 1. The van der Waals surface area contributed by atoms with Gasteiger partial charge in [0.15, 0.2) is 11.6 Å². The molecule has 0 saturated heterocycles. The maximum atomic E-state index is 13.3. The normalized spacial score (nSPS) is 10.8. The molecule has 0 unspecified atom stereocenters. The van der Waals surface area contributed by atoms with Crippen molar-refractivity contribution in [3.05, 3.63) is 52.8 Å². The standard InChI is InChI=1S/C15H15ClF2N2/c1-2-3-19-7-10-4-11(9-20-8-10)12-5-14(17)15(18)6-13(12)16/h4-6,8-9,19H,2-3,7H2,1H3. The number of benzene rings is 1. The van der Waals surface area contributed by atoms with Gasteiger partial charge in [0.2, 0.25) is 0 Å². The Bertz CT molecular complexity index is 602. The molecule has 2 aromatic rings. The lowest BCUT2D eigenvalue weighted by atomic mass is 10.1. The van der Waals surface area contributed by atoms with Gasteiger partial charge in [0.05, 0.1) is 5.02 Å². The second-order valence-electron chi connectivity index (χ2n) is 4.50. The molecular formula is C15H15ClF2N2. The van der Waals surface area contributed by atoms with Gasteiger partial charge in [-0.3, -0.25) is 4.98 Å². The monoisotopic (exact) mass is 296 g/mol. The first kappa shape index (κ1) is 14.9. The number of rotatable bonds is 5. The fourth-order valence-electron chi connectivity index (χ4n) is 1.88. The summed E-state index contributed by atoms with van der Waals surface area (Å²) in [4.78, 5) is 4.12. The van der Waals surface area contributed by atoms with Crippen LogP contribution in [0.15, 0.2) is 30.6 Å². The first-order valence-electron chi connectivity index (χ1n) is 6.41. The van der Waals surface area contributed by atoms with Crippen LogP contribution in [0.5, 0.6) is 0 Å². The van der Waals surface area contributed by atoms with E-state index in [1.165, 1.54) is 0 Å². The maximum absolute atomic E-state index is 13.3. The molecule has 0 aliphatic heterocycles. The van der Waals surface area contributed by atoms with E-state index in [9.17, 15) is 8.78 Å². The van der Waals surface area contributed by atoms with Crippen LogP contribution in [0.25, 0.3) is 11.1 Å². The first-order valence-corrected chi connectivity index (χ1v) is 6.79. The van der Waals surface area contributed by atoms with E-state index >= 15 is 0 Å². The minimum atomic E-state index is -0.951. The summed E-state index contributed by atoms with van der Waals surface area (Å²) in [5.74, 6) is -1.87. The van der Waals surface area contributed by atoms with Crippen LogP contribution in [0.2, 0.25) is 5.02 Å². The van der Waals surface area contributed by atoms with Gasteiger partial charge in [-0.05, 0) is 36.7 Å². The largest absolute Gasteiger partial charge is 0.313 e. The Balaban J connectivity index is 2.29. The van der Waals surface area contributed by atoms with Gasteiger partial charge < -0.3 is 5.32 Å². The molecule has 0 aliphatic rings. The van der Waals surface area contributed by atoms with Gasteiger partial charge in [-0.1, -0.05) is 18.5 Å². The van der Waals surface area contributed by atoms with Crippen LogP contribution in [0.3, 0.4) is 0 Å². The predicted octanol–water partition coefficient (Wildman–Crippen LogP) is 4.18. The van der Waals surface area contributed by atoms with E-state index in [1.54, 1.807) is 12.4 Å². The third-order valence-corrected chi connectivity index (χ3v) is 3.18. The van der Waals surface area contributed by atoms with E-state index in [4.69, 9.17) is 11.6 Å². The summed E-state index contributed by atoms with van der Waals surface area (Å²) >= 11 is 5.97. The van der Waals surface area contributed by atoms with Gasteiger partial charge in [0, 0.05) is 30.1 Å². The summed E-state index contributed by atoms with van der Waals surface area (Å²) in [6, 6.07) is 3.94. The molecule has 2 nitrogen and oxygen atoms in total. The quantitative estimate of drug-likeness (QED) is 0.661. The van der Waals surface area contributed by atoms with Crippen molar-refractivity contribution in [3.8, 4) is 11.1 Å². The van der Waals surface area contributed by atoms with E-state index in [-0.39, 0.29) is 5.02 Å². The first-order chi connectivity index (χ1) is 9.61. The molecule has 5 heteroatoms. The van der Waals surface area contributed by atoms with Gasteiger partial charge in [-0.15, -0.1) is 0 Å². The lowest BCUT2D eigenvalue weighted by Crippen LogP contribution is -2.13. The van der Waals surface area contributed by atoms with Crippen LogP contribution < -0.4 is 5.32 Å². The fourth-order valence-corrected chi connectivity index (χ4v) is 2.14. The van der Waals surface area contributed by atoms with Gasteiger partial charge in [-0.25, -0.2) is 8.78 Å². The van der Waals surface area contributed by atoms with Crippen LogP contribution in [0.1, 0.15) is 18.9 Å². The van der Waals surface area contributed by atoms with Gasteiger partial charge in [-0.2, -0.15) is 0 Å². The van der Waals surface area contributed by atoms with Gasteiger partial charge in [0.25, 0.3) is 0 Å². The highest BCUT2D eigenvalue weighted by Gasteiger charge is 2.10. The molecule has 106 valence electrons. The van der Waals surface area contributed by atoms with Crippen LogP contribution in [0, 0.1) is 11.6 Å². The third kappa shape index (κ3) is 3.52. The number of pyridine rings is 1.